The second-order valence-corrected chi connectivity index (χ2v) is 44.5. The summed E-state index contributed by atoms with van der Waals surface area (Å²) in [7, 11) is -11.7. The highest BCUT2D eigenvalue weighted by Crippen LogP contribution is 2.48. The van der Waals surface area contributed by atoms with E-state index in [0.717, 1.165) is 74.2 Å². The number of aromatic nitrogens is 8. The van der Waals surface area contributed by atoms with Crippen LogP contribution in [0.25, 0.3) is 22.1 Å². The molecule has 6 fully saturated rings. The molecule has 37 nitrogen and oxygen atoms in total. The fourth-order valence-electron chi connectivity index (χ4n) is 18.2. The molecule has 8 aromatic heterocycles. The summed E-state index contributed by atoms with van der Waals surface area (Å²) in [5, 5.41) is 16.7. The third kappa shape index (κ3) is 23.4. The van der Waals surface area contributed by atoms with Gasteiger partial charge < -0.3 is 48.0 Å². The SMILES string of the molecule is CC(C)(C)S(=O)(=O)NC(=O)c1cnn2ccc(N3C[C@@H](F)C[C@@H]3c3cc(F)cc(OC4CCOCC4)c3)cc12.CCN(C)S(=O)(=O)NC(=O)c1cnn2ccc(N3CCC[C@@H]3c3cc(F)cc4c3OCCO4)cc12.CCN(C)S(=O)(=O)NC(=O)c1cnn2ccc(N3CCC[C@@H]3c3cccc(F)c3)cc12.CCN(C)S(=O)(=O)NC(=O)c1cnn2ccc(N3C[C@@H](F)C[C@@H]3c3cc(F)cc(OC4CCOCC4)c3)cc12. The summed E-state index contributed by atoms with van der Waals surface area (Å²) >= 11 is 0. The number of hydrogen-bond acceptors (Lipinski definition) is 26. The van der Waals surface area contributed by atoms with Gasteiger partial charge in [-0.15, -0.1) is 0 Å². The Balaban J connectivity index is 0.000000138. The first kappa shape index (κ1) is 104. The van der Waals surface area contributed by atoms with Crippen LogP contribution in [0.4, 0.5) is 49.1 Å². The average Bonchev–Trinajstić information content (AvgIpc) is 1.59. The molecule has 0 aliphatic carbocycles. The molecule has 144 heavy (non-hydrogen) atoms. The quantitative estimate of drug-likeness (QED) is 0.0366. The third-order valence-corrected chi connectivity index (χ3v) is 33.0. The first-order valence-corrected chi connectivity index (χ1v) is 53.0. The van der Waals surface area contributed by atoms with Crippen LogP contribution in [0, 0.1) is 23.3 Å². The van der Waals surface area contributed by atoms with E-state index >= 15 is 0 Å². The molecule has 6 atom stereocenters. The number of anilines is 4. The molecular weight excluding hydrogens is 1960 g/mol. The van der Waals surface area contributed by atoms with Gasteiger partial charge in [-0.3, -0.25) is 19.2 Å². The number of alkyl halides is 2. The highest BCUT2D eigenvalue weighted by molar-refractivity contribution is 7.91. The number of benzene rings is 4. The number of hydrogen-bond donors (Lipinski definition) is 4. The number of halogens is 6. The van der Waals surface area contributed by atoms with Crippen molar-refractivity contribution in [1.29, 1.82) is 0 Å². The van der Waals surface area contributed by atoms with Crippen molar-refractivity contribution in [2.75, 3.05) is 126 Å². The van der Waals surface area contributed by atoms with Gasteiger partial charge in [-0.25, -0.2) is 71.7 Å². The van der Waals surface area contributed by atoms with Crippen LogP contribution in [0.15, 0.2) is 171 Å². The van der Waals surface area contributed by atoms with Crippen LogP contribution in [0.2, 0.25) is 0 Å². The molecule has 47 heteroatoms. The zero-order valence-electron chi connectivity index (χ0n) is 80.5. The van der Waals surface area contributed by atoms with Crippen molar-refractivity contribution < 1.29 is 108 Å². The van der Waals surface area contributed by atoms with Crippen LogP contribution >= 0.6 is 0 Å². The lowest BCUT2D eigenvalue weighted by atomic mass is 10.0. The van der Waals surface area contributed by atoms with E-state index in [9.17, 15) is 79.2 Å². The van der Waals surface area contributed by atoms with Crippen molar-refractivity contribution in [3.63, 3.8) is 0 Å². The number of nitrogens with zero attached hydrogens (tertiary/aromatic N) is 15. The lowest BCUT2D eigenvalue weighted by Gasteiger charge is -2.30. The van der Waals surface area contributed by atoms with E-state index < -0.39 is 105 Å². The standard InChI is InChI=1S/C27H32F2N4O5S.C26H31F2N5O5S.C23H26FN5O5S.C21H24FN5O3S/c1-27(2,3)39(35,36)31-26(34)23-15-30-33-7-4-20(14-25(23)33)32-16-19(29)13-24(32)17-10-18(28)12-22(11-17)38-21-5-8-37-9-6-21;1-3-31(2)39(35,36)30-26(34)23-15-29-33-7-4-20(14-25(23)33)32-16-19(28)13-24(32)17-10-18(27)12-22(11-17)38-21-5-8-37-9-6-21;1-3-27(2)35(31,32)26-23(30)18-14-25-29-8-6-16(13-20(18)29)28-7-4-5-19(28)17-11-15(24)12-21-22(17)34-10-9-33-21;1-3-25(2)31(29,30)24-21(28)18-14-23-27-11-9-17(13-20(18)27)26-10-5-8-19(26)15-6-4-7-16(22)12-15/h4,7,10-12,14-15,19,21,24H,5-6,8-9,13,16H2,1-3H3,(H,31,34);4,7,10-12,14-15,19,21,24H,3,5-6,8-9,13,16H2,1-2H3,(H,30,34);6,8,11-14,19H,3-5,7,9-10H2,1-2H3,(H,26,30);4,6-7,9,11-14,19H,3,5,8,10H2,1-2H3,(H,24,28)/t2*19-,24+;2*19-/m0011/s1. The maximum Gasteiger partial charge on any atom is 0.303 e. The van der Waals surface area contributed by atoms with Gasteiger partial charge in [0.1, 0.15) is 72.5 Å². The molecule has 770 valence electrons. The van der Waals surface area contributed by atoms with Crippen molar-refractivity contribution in [3.8, 4) is 23.0 Å². The lowest BCUT2D eigenvalue weighted by molar-refractivity contribution is 0.0252. The van der Waals surface area contributed by atoms with Crippen LogP contribution in [0.3, 0.4) is 0 Å². The lowest BCUT2D eigenvalue weighted by Crippen LogP contribution is -2.42. The number of rotatable bonds is 26. The predicted molar refractivity (Wildman–Crippen MR) is 524 cm³/mol. The summed E-state index contributed by atoms with van der Waals surface area (Å²) in [5.74, 6) is -2.99. The molecule has 0 spiro atoms. The molecule has 15 heterocycles. The van der Waals surface area contributed by atoms with Gasteiger partial charge in [0.2, 0.25) is 10.0 Å². The van der Waals surface area contributed by atoms with Gasteiger partial charge in [0.05, 0.1) is 124 Å². The Morgan fingerprint density at radius 2 is 0.778 bits per heavy atom. The Morgan fingerprint density at radius 1 is 0.417 bits per heavy atom. The molecule has 4 aromatic carbocycles. The first-order chi connectivity index (χ1) is 68.6. The highest BCUT2D eigenvalue weighted by atomic mass is 32.2. The van der Waals surface area contributed by atoms with Crippen molar-refractivity contribution >= 4 is 109 Å². The molecule has 0 saturated carbocycles. The van der Waals surface area contributed by atoms with Crippen molar-refractivity contribution in [2.45, 2.75) is 159 Å². The minimum atomic E-state index is -4.02. The Kier molecular flexibility index (Phi) is 31.5. The fraction of sp³-hybridized carbons (Fsp3) is 0.423. The van der Waals surface area contributed by atoms with E-state index in [1.54, 1.807) is 100 Å². The van der Waals surface area contributed by atoms with E-state index in [1.165, 1.54) is 127 Å². The molecule has 4 amide bonds. The van der Waals surface area contributed by atoms with E-state index in [2.05, 4.69) is 44.4 Å². The Labute approximate surface area is 829 Å². The van der Waals surface area contributed by atoms with Crippen LogP contribution in [-0.4, -0.2) is 245 Å². The summed E-state index contributed by atoms with van der Waals surface area (Å²) in [6, 6.07) is 31.4. The molecule has 7 aliphatic rings. The van der Waals surface area contributed by atoms with Crippen LogP contribution in [0.1, 0.15) is 194 Å². The molecule has 6 saturated heterocycles. The number of fused-ring (bicyclic) bond motifs is 5. The number of amides is 4. The van der Waals surface area contributed by atoms with Gasteiger partial charge >= 0.3 is 30.6 Å². The molecule has 0 bridgehead atoms. The average molecular weight is 2080 g/mol. The second-order valence-electron chi connectivity index (χ2n) is 36.8. The van der Waals surface area contributed by atoms with Gasteiger partial charge in [-0.2, -0.15) is 58.6 Å². The number of carbonyl (C=O) groups excluding carboxylic acids is 4. The number of nitrogens with one attached hydrogen (secondary N) is 4. The molecule has 7 aliphatic heterocycles. The Hall–Kier alpha value is -12.9. The van der Waals surface area contributed by atoms with E-state index in [4.69, 9.17) is 28.4 Å². The summed E-state index contributed by atoms with van der Waals surface area (Å²) < 4.78 is 236. The van der Waals surface area contributed by atoms with E-state index in [1.807, 2.05) is 38.8 Å². The molecule has 12 aromatic rings. The predicted octanol–water partition coefficient (Wildman–Crippen LogP) is 12.7. The number of ether oxygens (including phenoxy) is 6. The minimum absolute atomic E-state index is 0.0249. The van der Waals surface area contributed by atoms with Crippen LogP contribution < -0.4 is 57.4 Å². The van der Waals surface area contributed by atoms with Crippen molar-refractivity contribution in [3.05, 3.63) is 239 Å². The molecule has 0 unspecified atom stereocenters. The maximum absolute atomic E-state index is 14.8. The largest absolute Gasteiger partial charge is 0.490 e. The second kappa shape index (κ2) is 43.6. The van der Waals surface area contributed by atoms with Crippen LogP contribution in [-0.2, 0) is 50.1 Å². The molecular formula is C97H113F6N19O18S4. The van der Waals surface area contributed by atoms with Crippen molar-refractivity contribution in [1.82, 2.24) is 70.3 Å². The number of pyridine rings is 4. The van der Waals surface area contributed by atoms with E-state index in [-0.39, 0.29) is 104 Å². The van der Waals surface area contributed by atoms with Gasteiger partial charge in [-0.05, 0) is 154 Å². The number of carbonyl (C=O) groups is 4. The van der Waals surface area contributed by atoms with Crippen molar-refractivity contribution in [2.24, 2.45) is 0 Å². The summed E-state index contributed by atoms with van der Waals surface area (Å²) in [4.78, 5) is 59.2. The fourth-order valence-corrected chi connectivity index (χ4v) is 21.4. The maximum atomic E-state index is 14.8. The molecule has 0 radical (unpaired) electrons. The summed E-state index contributed by atoms with van der Waals surface area (Å²) in [6.07, 6.45) is 16.2. The van der Waals surface area contributed by atoms with E-state index in [0.29, 0.717) is 133 Å². The molecule has 19 rings (SSSR count). The monoisotopic (exact) mass is 2070 g/mol. The van der Waals surface area contributed by atoms with Crippen LogP contribution in [0.5, 0.6) is 23.0 Å². The number of sulfonamides is 1. The zero-order valence-corrected chi connectivity index (χ0v) is 83.8. The summed E-state index contributed by atoms with van der Waals surface area (Å²) in [5.41, 5.74) is 7.71. The minimum Gasteiger partial charge on any atom is -0.490 e. The topological polar surface area (TPSA) is 400 Å². The first-order valence-electron chi connectivity index (χ1n) is 47.2. The zero-order chi connectivity index (χ0) is 103. The molecule has 4 N–H and O–H groups in total. The van der Waals surface area contributed by atoms with Gasteiger partial charge in [0.15, 0.2) is 11.5 Å². The van der Waals surface area contributed by atoms with Gasteiger partial charge in [-0.1, -0.05) is 32.9 Å². The Bertz CT molecular complexity index is 7250. The highest BCUT2D eigenvalue weighted by Gasteiger charge is 2.41. The Morgan fingerprint density at radius 3 is 1.17 bits per heavy atom. The smallest absolute Gasteiger partial charge is 0.303 e. The normalized spacial score (nSPS) is 19.2. The van der Waals surface area contributed by atoms with Gasteiger partial charge in [0, 0.05) is 177 Å². The third-order valence-electron chi connectivity index (χ3n) is 26.3. The van der Waals surface area contributed by atoms with Gasteiger partial charge in [0.25, 0.3) is 23.6 Å². The summed E-state index contributed by atoms with van der Waals surface area (Å²) in [6.45, 7) is 14.9.